The van der Waals surface area contributed by atoms with Crippen LogP contribution in [0.2, 0.25) is 0 Å². The van der Waals surface area contributed by atoms with Crippen LogP contribution in [0, 0.1) is 11.3 Å². The van der Waals surface area contributed by atoms with Gasteiger partial charge in [-0.1, -0.05) is 12.1 Å². The number of nitrogens with zero attached hydrogens (tertiary/aromatic N) is 2. The summed E-state index contributed by atoms with van der Waals surface area (Å²) in [6.07, 6.45) is 6.40. The number of ether oxygens (including phenoxy) is 3. The molecular weight excluding hydrogens is 440 g/mol. The maximum atomic E-state index is 13.0. The van der Waals surface area contributed by atoms with Crippen molar-refractivity contribution < 1.29 is 14.2 Å². The standard InChI is InChI=1S/C29H30N2O4/c1-29(2)18-26(25-16-23(19-30)9-12-27(25)35-29)31-14-13-21(17-28(31)32)6-4-5-15-34-20-22-7-10-24(33-3)11-8-22/h7-14,16-18H,4-6,15,20H2,1-3H3. The highest BCUT2D eigenvalue weighted by molar-refractivity contribution is 5.74. The van der Waals surface area contributed by atoms with E-state index in [0.717, 1.165) is 47.4 Å². The number of aromatic nitrogens is 1. The van der Waals surface area contributed by atoms with Gasteiger partial charge in [0.05, 0.1) is 31.0 Å². The Morgan fingerprint density at radius 2 is 1.83 bits per heavy atom. The molecule has 6 nitrogen and oxygen atoms in total. The van der Waals surface area contributed by atoms with E-state index < -0.39 is 5.60 Å². The molecule has 35 heavy (non-hydrogen) atoms. The van der Waals surface area contributed by atoms with Gasteiger partial charge in [0, 0.05) is 24.4 Å². The summed E-state index contributed by atoms with van der Waals surface area (Å²) in [7, 11) is 1.65. The molecule has 2 aromatic carbocycles. The lowest BCUT2D eigenvalue weighted by Crippen LogP contribution is -2.32. The van der Waals surface area contributed by atoms with Crippen molar-refractivity contribution in [1.82, 2.24) is 4.57 Å². The molecule has 0 saturated carbocycles. The molecule has 0 spiro atoms. The van der Waals surface area contributed by atoms with E-state index in [-0.39, 0.29) is 5.56 Å². The van der Waals surface area contributed by atoms with E-state index >= 15 is 0 Å². The summed E-state index contributed by atoms with van der Waals surface area (Å²) < 4.78 is 18.6. The minimum atomic E-state index is -0.569. The molecule has 6 heteroatoms. The molecule has 4 rings (SSSR count). The first-order valence-electron chi connectivity index (χ1n) is 11.8. The van der Waals surface area contributed by atoms with Crippen molar-refractivity contribution in [2.75, 3.05) is 13.7 Å². The molecule has 3 aromatic rings. The van der Waals surface area contributed by atoms with Crippen molar-refractivity contribution in [1.29, 1.82) is 5.26 Å². The first kappa shape index (κ1) is 24.3. The molecule has 1 aliphatic rings. The number of aryl methyl sites for hydroxylation is 1. The highest BCUT2D eigenvalue weighted by atomic mass is 16.5. The Labute approximate surface area is 206 Å². The third-order valence-electron chi connectivity index (χ3n) is 5.92. The molecule has 0 bridgehead atoms. The Morgan fingerprint density at radius 1 is 1.03 bits per heavy atom. The number of rotatable bonds is 9. The van der Waals surface area contributed by atoms with Gasteiger partial charge in [-0.15, -0.1) is 0 Å². The van der Waals surface area contributed by atoms with Crippen LogP contribution in [-0.2, 0) is 17.8 Å². The van der Waals surface area contributed by atoms with Crippen molar-refractivity contribution in [2.24, 2.45) is 0 Å². The molecule has 1 aromatic heterocycles. The highest BCUT2D eigenvalue weighted by Crippen LogP contribution is 2.36. The molecule has 0 N–H and O–H groups in total. The fraction of sp³-hybridized carbons (Fsp3) is 0.310. The summed E-state index contributed by atoms with van der Waals surface area (Å²) in [4.78, 5) is 13.0. The quantitative estimate of drug-likeness (QED) is 0.395. The van der Waals surface area contributed by atoms with Crippen LogP contribution in [-0.4, -0.2) is 23.9 Å². The maximum absolute atomic E-state index is 13.0. The molecule has 0 aliphatic carbocycles. The lowest BCUT2D eigenvalue weighted by atomic mass is 9.97. The van der Waals surface area contributed by atoms with E-state index in [4.69, 9.17) is 14.2 Å². The molecule has 180 valence electrons. The molecule has 2 heterocycles. The van der Waals surface area contributed by atoms with Crippen LogP contribution in [0.25, 0.3) is 5.70 Å². The molecule has 0 saturated heterocycles. The van der Waals surface area contributed by atoms with Crippen LogP contribution < -0.4 is 15.0 Å². The predicted octanol–water partition coefficient (Wildman–Crippen LogP) is 5.33. The Morgan fingerprint density at radius 3 is 2.54 bits per heavy atom. The van der Waals surface area contributed by atoms with E-state index in [2.05, 4.69) is 6.07 Å². The van der Waals surface area contributed by atoms with Gasteiger partial charge >= 0.3 is 0 Å². The molecule has 0 fully saturated rings. The minimum Gasteiger partial charge on any atom is -0.497 e. The van der Waals surface area contributed by atoms with E-state index in [1.807, 2.05) is 56.5 Å². The zero-order valence-electron chi connectivity index (χ0n) is 20.4. The largest absolute Gasteiger partial charge is 0.497 e. The van der Waals surface area contributed by atoms with Crippen LogP contribution in [0.15, 0.2) is 71.7 Å². The fourth-order valence-electron chi connectivity index (χ4n) is 4.13. The van der Waals surface area contributed by atoms with Gasteiger partial charge in [-0.2, -0.15) is 5.26 Å². The summed E-state index contributed by atoms with van der Waals surface area (Å²) in [6.45, 7) is 5.14. The zero-order valence-corrected chi connectivity index (χ0v) is 20.4. The Kier molecular flexibility index (Phi) is 7.38. The minimum absolute atomic E-state index is 0.101. The van der Waals surface area contributed by atoms with Gasteiger partial charge in [-0.25, -0.2) is 0 Å². The number of pyridine rings is 1. The SMILES string of the molecule is COc1ccc(COCCCCc2ccn(C3=CC(C)(C)Oc4ccc(C#N)cc43)c(=O)c2)cc1. The van der Waals surface area contributed by atoms with Crippen LogP contribution in [0.3, 0.4) is 0 Å². The average Bonchev–Trinajstić information content (AvgIpc) is 2.85. The van der Waals surface area contributed by atoms with Crippen molar-refractivity contribution in [3.05, 3.63) is 99.5 Å². The number of hydrogen-bond donors (Lipinski definition) is 0. The number of fused-ring (bicyclic) bond motifs is 1. The van der Waals surface area contributed by atoms with Crippen LogP contribution >= 0.6 is 0 Å². The second-order valence-corrected chi connectivity index (χ2v) is 9.16. The predicted molar refractivity (Wildman–Crippen MR) is 136 cm³/mol. The second kappa shape index (κ2) is 10.6. The Bertz CT molecular complexity index is 1310. The highest BCUT2D eigenvalue weighted by Gasteiger charge is 2.28. The molecule has 0 amide bonds. The van der Waals surface area contributed by atoms with Gasteiger partial charge in [0.25, 0.3) is 5.56 Å². The van der Waals surface area contributed by atoms with Crippen molar-refractivity contribution in [3.63, 3.8) is 0 Å². The fourth-order valence-corrected chi connectivity index (χ4v) is 4.13. The Hall–Kier alpha value is -3.82. The van der Waals surface area contributed by atoms with E-state index in [1.54, 1.807) is 35.9 Å². The number of nitriles is 1. The molecule has 1 aliphatic heterocycles. The first-order valence-corrected chi connectivity index (χ1v) is 11.8. The zero-order chi connectivity index (χ0) is 24.8. The van der Waals surface area contributed by atoms with Crippen molar-refractivity contribution >= 4 is 5.70 Å². The van der Waals surface area contributed by atoms with Gasteiger partial charge in [0.15, 0.2) is 0 Å². The lowest BCUT2D eigenvalue weighted by molar-refractivity contribution is 0.117. The summed E-state index contributed by atoms with van der Waals surface area (Å²) >= 11 is 0. The lowest BCUT2D eigenvalue weighted by Gasteiger charge is -2.31. The van der Waals surface area contributed by atoms with E-state index in [1.165, 1.54) is 0 Å². The monoisotopic (exact) mass is 470 g/mol. The van der Waals surface area contributed by atoms with Crippen LogP contribution in [0.4, 0.5) is 0 Å². The smallest absolute Gasteiger partial charge is 0.255 e. The van der Waals surface area contributed by atoms with Gasteiger partial charge < -0.3 is 14.2 Å². The summed E-state index contributed by atoms with van der Waals surface area (Å²) in [5.41, 5.74) is 3.44. The number of methoxy groups -OCH3 is 1. The topological polar surface area (TPSA) is 73.5 Å². The third kappa shape index (κ3) is 6.00. The first-order chi connectivity index (χ1) is 16.9. The van der Waals surface area contributed by atoms with Gasteiger partial charge in [0.2, 0.25) is 0 Å². The molecular formula is C29H30N2O4. The van der Waals surface area contributed by atoms with Gasteiger partial charge in [0.1, 0.15) is 17.1 Å². The van der Waals surface area contributed by atoms with Crippen molar-refractivity contribution in [2.45, 2.75) is 45.3 Å². The number of benzene rings is 2. The van der Waals surface area contributed by atoms with Crippen LogP contribution in [0.1, 0.15) is 48.9 Å². The summed E-state index contributed by atoms with van der Waals surface area (Å²) in [5.74, 6) is 1.50. The van der Waals surface area contributed by atoms with Gasteiger partial charge in [-0.05, 0) is 86.7 Å². The number of hydrogen-bond acceptors (Lipinski definition) is 5. The normalized spacial score (nSPS) is 13.8. The summed E-state index contributed by atoms with van der Waals surface area (Å²) in [5, 5.41) is 9.31. The average molecular weight is 471 g/mol. The Balaban J connectivity index is 1.36. The summed E-state index contributed by atoms with van der Waals surface area (Å²) in [6, 6.07) is 19.0. The molecule has 0 radical (unpaired) electrons. The van der Waals surface area contributed by atoms with E-state index in [0.29, 0.717) is 24.5 Å². The second-order valence-electron chi connectivity index (χ2n) is 9.16. The molecule has 0 unspecified atom stereocenters. The van der Waals surface area contributed by atoms with Crippen molar-refractivity contribution in [3.8, 4) is 17.6 Å². The van der Waals surface area contributed by atoms with E-state index in [9.17, 15) is 10.1 Å². The third-order valence-corrected chi connectivity index (χ3v) is 5.92. The van der Waals surface area contributed by atoms with Crippen LogP contribution in [0.5, 0.6) is 11.5 Å². The van der Waals surface area contributed by atoms with Gasteiger partial charge in [-0.3, -0.25) is 9.36 Å². The molecule has 0 atom stereocenters. The maximum Gasteiger partial charge on any atom is 0.255 e. The number of unbranched alkanes of at least 4 members (excludes halogenated alkanes) is 1.